The lowest BCUT2D eigenvalue weighted by Crippen LogP contribution is -2.58. The summed E-state index contributed by atoms with van der Waals surface area (Å²) in [4.78, 5) is 25.6. The van der Waals surface area contributed by atoms with Gasteiger partial charge in [-0.1, -0.05) is 0 Å². The van der Waals surface area contributed by atoms with Crippen molar-refractivity contribution >= 4 is 7.82 Å². The minimum absolute atomic E-state index is 0.417. The molecule has 58 valence electrons. The van der Waals surface area contributed by atoms with Gasteiger partial charge in [0.1, 0.15) is 0 Å². The molecule has 0 aromatic rings. The molecule has 1 unspecified atom stereocenters. The summed E-state index contributed by atoms with van der Waals surface area (Å²) >= 11 is 0. The molecule has 4 N–H and O–H groups in total. The first-order chi connectivity index (χ1) is 3.73. The van der Waals surface area contributed by atoms with E-state index in [-0.39, 0.29) is 0 Å². The van der Waals surface area contributed by atoms with Crippen LogP contribution in [0.1, 0.15) is 6.92 Å². The van der Waals surface area contributed by atoms with Crippen molar-refractivity contribution in [2.75, 3.05) is 0 Å². The third-order valence-corrected chi connectivity index (χ3v) is 0. The molecular weight excluding hydrogens is 149 g/mol. The van der Waals surface area contributed by atoms with Crippen LogP contribution < -0.4 is 20.4 Å². The molecule has 0 heterocycles. The molecule has 0 amide bonds. The Labute approximate surface area is 52.2 Å². The number of aliphatic hydroxyl groups is 1. The predicted octanol–water partition coefficient (Wildman–Crippen LogP) is -4.26. The van der Waals surface area contributed by atoms with Gasteiger partial charge in [-0.3, -0.25) is 0 Å². The van der Waals surface area contributed by atoms with E-state index < -0.39 is 14.1 Å². The topological polar surface area (TPSA) is 134 Å². The smallest absolute Gasteiger partial charge is 0.182 e. The zero-order valence-electron chi connectivity index (χ0n) is 4.81. The Morgan fingerprint density at radius 3 is 1.56 bits per heavy atom. The summed E-state index contributed by atoms with van der Waals surface area (Å²) in [5.41, 5.74) is 3.19. The maximum atomic E-state index is 8.55. The van der Waals surface area contributed by atoms with E-state index in [1.54, 1.807) is 6.92 Å². The Balaban J connectivity index is 0. The molecular formula is C2H8NO5P-2. The highest BCUT2D eigenvalue weighted by atomic mass is 31.2. The minimum atomic E-state index is -5.39. The summed E-state index contributed by atoms with van der Waals surface area (Å²) in [6.45, 7) is 1.61. The molecule has 0 aliphatic rings. The number of rotatable bonds is 0. The molecule has 6 nitrogen and oxygen atoms in total. The summed E-state index contributed by atoms with van der Waals surface area (Å²) < 4.78 is 8.55. The number of hydrogen-bond acceptors (Lipinski definition) is 5. The van der Waals surface area contributed by atoms with Crippen molar-refractivity contribution in [2.45, 2.75) is 13.2 Å². The highest BCUT2D eigenvalue weighted by Gasteiger charge is 1.73. The number of aliphatic hydroxyl groups excluding tert-OH is 1. The fourth-order valence-corrected chi connectivity index (χ4v) is 0. The summed E-state index contributed by atoms with van der Waals surface area (Å²) in [5, 5.41) is 7.94. The van der Waals surface area contributed by atoms with Gasteiger partial charge in [-0.25, -0.2) is 0 Å². The minimum Gasteiger partial charge on any atom is -0.822 e. The lowest BCUT2D eigenvalue weighted by atomic mass is 10.7. The van der Waals surface area contributed by atoms with E-state index in [0.29, 0.717) is 0 Å². The predicted molar refractivity (Wildman–Crippen MR) is 22.2 cm³/mol. The Kier molecular flexibility index (Phi) is 6.37. The Morgan fingerprint density at radius 1 is 1.56 bits per heavy atom. The third-order valence-electron chi connectivity index (χ3n) is 0. The largest absolute Gasteiger partial charge is 0.822 e. The monoisotopic (exact) mass is 157 g/mol. The van der Waals surface area contributed by atoms with E-state index in [4.69, 9.17) is 24.4 Å². The summed E-state index contributed by atoms with van der Waals surface area (Å²) in [5.74, 6) is 0. The van der Waals surface area contributed by atoms with Crippen LogP contribution in [0.2, 0.25) is 0 Å². The lowest BCUT2D eigenvalue weighted by Gasteiger charge is -2.36. The van der Waals surface area contributed by atoms with Crippen LogP contribution in [0.25, 0.3) is 0 Å². The molecule has 0 bridgehead atoms. The van der Waals surface area contributed by atoms with Crippen molar-refractivity contribution in [3.63, 3.8) is 0 Å². The fourth-order valence-electron chi connectivity index (χ4n) is 0. The molecule has 0 aromatic carbocycles. The first kappa shape index (κ1) is 11.8. The van der Waals surface area contributed by atoms with Gasteiger partial charge in [0.25, 0.3) is 0 Å². The van der Waals surface area contributed by atoms with E-state index in [9.17, 15) is 0 Å². The van der Waals surface area contributed by atoms with Crippen molar-refractivity contribution in [1.29, 1.82) is 0 Å². The van der Waals surface area contributed by atoms with Crippen LogP contribution in [-0.2, 0) is 4.57 Å². The average molecular weight is 157 g/mol. The quantitative estimate of drug-likeness (QED) is 0.271. The molecule has 0 aliphatic heterocycles. The Bertz CT molecular complexity index is 86.1. The van der Waals surface area contributed by atoms with Gasteiger partial charge >= 0.3 is 0 Å². The van der Waals surface area contributed by atoms with E-state index in [0.717, 1.165) is 0 Å². The van der Waals surface area contributed by atoms with Crippen molar-refractivity contribution in [2.24, 2.45) is 0 Å². The molecule has 0 aliphatic carbocycles. The van der Waals surface area contributed by atoms with E-state index >= 15 is 0 Å². The first-order valence-electron chi connectivity index (χ1n) is 1.97. The van der Waals surface area contributed by atoms with E-state index in [1.165, 1.54) is 0 Å². The number of hydrogen-bond donors (Lipinski definition) is 2. The molecule has 0 aromatic heterocycles. The van der Waals surface area contributed by atoms with Gasteiger partial charge in [-0.15, -0.1) is 0 Å². The molecule has 0 saturated carbocycles. The molecule has 0 fully saturated rings. The van der Waals surface area contributed by atoms with Crippen LogP contribution in [0.15, 0.2) is 0 Å². The van der Waals surface area contributed by atoms with Crippen molar-refractivity contribution in [1.82, 2.24) is 0 Å². The van der Waals surface area contributed by atoms with E-state index in [2.05, 4.69) is 5.73 Å². The van der Waals surface area contributed by atoms with Gasteiger partial charge < -0.3 is 30.1 Å². The maximum Gasteiger partial charge on any atom is 0.182 e. The zero-order chi connectivity index (χ0) is 8.08. The molecule has 0 rings (SSSR count). The average Bonchev–Trinajstić information content (AvgIpc) is 1.19. The SMILES string of the molecule is CC([NH3+])O.O=P([O-])([O-])[O-]. The standard InChI is InChI=1S/C2H7NO.H3O4P/c1-2(3)4;1-5(2,3)4/h2,4H,3H2,1H3;(H3,1,2,3,4)/p-2. The lowest BCUT2D eigenvalue weighted by molar-refractivity contribution is -0.475. The Hall–Kier alpha value is 0.0300. The van der Waals surface area contributed by atoms with Gasteiger partial charge in [0.15, 0.2) is 6.23 Å². The van der Waals surface area contributed by atoms with Crippen LogP contribution in [-0.4, -0.2) is 11.3 Å². The second-order valence-corrected chi connectivity index (χ2v) is 2.19. The van der Waals surface area contributed by atoms with Crippen LogP contribution >= 0.6 is 7.82 Å². The molecule has 0 spiro atoms. The third kappa shape index (κ3) is 324000. The summed E-state index contributed by atoms with van der Waals surface area (Å²) in [7, 11) is -5.39. The van der Waals surface area contributed by atoms with Crippen molar-refractivity contribution < 1.29 is 30.1 Å². The number of phosphoric acid groups is 1. The van der Waals surface area contributed by atoms with Gasteiger partial charge in [0, 0.05) is 6.92 Å². The summed E-state index contributed by atoms with van der Waals surface area (Å²) in [6, 6.07) is 0. The highest BCUT2D eigenvalue weighted by molar-refractivity contribution is 7.40. The van der Waals surface area contributed by atoms with Gasteiger partial charge in [-0.2, -0.15) is 7.82 Å². The molecule has 0 radical (unpaired) electrons. The van der Waals surface area contributed by atoms with Gasteiger partial charge in [0.2, 0.25) is 0 Å². The van der Waals surface area contributed by atoms with Crippen LogP contribution in [0.3, 0.4) is 0 Å². The van der Waals surface area contributed by atoms with Crippen LogP contribution in [0.4, 0.5) is 0 Å². The second-order valence-electron chi connectivity index (χ2n) is 1.30. The normalized spacial score (nSPS) is 13.6. The highest BCUT2D eigenvalue weighted by Crippen LogP contribution is 2.03. The van der Waals surface area contributed by atoms with Gasteiger partial charge in [-0.05, 0) is 0 Å². The molecule has 1 atom stereocenters. The molecule has 9 heavy (non-hydrogen) atoms. The molecule has 0 saturated heterocycles. The van der Waals surface area contributed by atoms with Crippen LogP contribution in [0, 0.1) is 0 Å². The van der Waals surface area contributed by atoms with Gasteiger partial charge in [0.05, 0.1) is 0 Å². The van der Waals surface area contributed by atoms with E-state index in [1.807, 2.05) is 0 Å². The Morgan fingerprint density at radius 2 is 1.56 bits per heavy atom. The van der Waals surface area contributed by atoms with Crippen molar-refractivity contribution in [3.8, 4) is 0 Å². The van der Waals surface area contributed by atoms with Crippen molar-refractivity contribution in [3.05, 3.63) is 0 Å². The number of quaternary nitrogens is 1. The first-order valence-corrected chi connectivity index (χ1v) is 3.43. The summed E-state index contributed by atoms with van der Waals surface area (Å²) in [6.07, 6.45) is -0.417. The van der Waals surface area contributed by atoms with Crippen LogP contribution in [0.5, 0.6) is 0 Å². The maximum absolute atomic E-state index is 8.55. The fraction of sp³-hybridized carbons (Fsp3) is 1.00. The second kappa shape index (κ2) is 4.87. The molecule has 7 heteroatoms. The zero-order valence-corrected chi connectivity index (χ0v) is 5.71.